The van der Waals surface area contributed by atoms with Gasteiger partial charge in [-0.25, -0.2) is 9.78 Å². The van der Waals surface area contributed by atoms with Crippen LogP contribution in [0.15, 0.2) is 48.5 Å². The van der Waals surface area contributed by atoms with Gasteiger partial charge in [0, 0.05) is 12.0 Å². The van der Waals surface area contributed by atoms with Crippen molar-refractivity contribution < 1.29 is 23.1 Å². The number of nitrogens with zero attached hydrogens (tertiary/aromatic N) is 1. The van der Waals surface area contributed by atoms with Gasteiger partial charge in [-0.1, -0.05) is 57.2 Å². The average Bonchev–Trinajstić information content (AvgIpc) is 3.05. The first-order valence-corrected chi connectivity index (χ1v) is 9.77. The summed E-state index contributed by atoms with van der Waals surface area (Å²) < 4.78 is 38.2. The quantitative estimate of drug-likeness (QED) is 0.531. The first-order chi connectivity index (χ1) is 13.4. The molecule has 0 unspecified atom stereocenters. The molecule has 0 fully saturated rings. The molecule has 0 saturated carbocycles. The average molecular weight is 419 g/mol. The van der Waals surface area contributed by atoms with Gasteiger partial charge in [-0.05, 0) is 28.7 Å². The molecule has 0 aliphatic rings. The molecule has 0 aliphatic heterocycles. The summed E-state index contributed by atoms with van der Waals surface area (Å²) in [5.41, 5.74) is 2.21. The molecule has 3 aromatic rings. The van der Waals surface area contributed by atoms with Gasteiger partial charge in [-0.2, -0.15) is 13.2 Å². The van der Waals surface area contributed by atoms with Gasteiger partial charge in [0.2, 0.25) is 0 Å². The van der Waals surface area contributed by atoms with Crippen LogP contribution >= 0.6 is 11.3 Å². The molecule has 3 nitrogen and oxygen atoms in total. The highest BCUT2D eigenvalue weighted by molar-refractivity contribution is 7.17. The van der Waals surface area contributed by atoms with E-state index in [0.717, 1.165) is 29.0 Å². The molecule has 0 bridgehead atoms. The molecule has 0 saturated heterocycles. The van der Waals surface area contributed by atoms with Gasteiger partial charge in [0.15, 0.2) is 0 Å². The molecule has 29 heavy (non-hydrogen) atoms. The lowest BCUT2D eigenvalue weighted by molar-refractivity contribution is -0.137. The standard InChI is InChI=1S/C22H20F3NO2S/c1-21(2,3)15-8-4-13(5-9-15)12-17-18(20(27)28)29-19(26-17)14-6-10-16(11-7-14)22(23,24)25/h4-11H,12H2,1-3H3,(H,27,28). The monoisotopic (exact) mass is 419 g/mol. The maximum atomic E-state index is 12.7. The molecular formula is C22H20F3NO2S. The summed E-state index contributed by atoms with van der Waals surface area (Å²) in [7, 11) is 0. The van der Waals surface area contributed by atoms with Crippen LogP contribution in [0.5, 0.6) is 0 Å². The van der Waals surface area contributed by atoms with Crippen LogP contribution in [0.3, 0.4) is 0 Å². The highest BCUT2D eigenvalue weighted by atomic mass is 32.1. The van der Waals surface area contributed by atoms with E-state index < -0.39 is 17.7 Å². The number of hydrogen-bond acceptors (Lipinski definition) is 3. The molecule has 3 rings (SSSR count). The predicted molar refractivity (Wildman–Crippen MR) is 107 cm³/mol. The first-order valence-electron chi connectivity index (χ1n) is 8.95. The number of hydrogen-bond donors (Lipinski definition) is 1. The maximum Gasteiger partial charge on any atom is 0.416 e. The van der Waals surface area contributed by atoms with Gasteiger partial charge >= 0.3 is 12.1 Å². The predicted octanol–water partition coefficient (Wildman–Crippen LogP) is 6.42. The Kier molecular flexibility index (Phi) is 5.54. The Hall–Kier alpha value is -2.67. The molecule has 152 valence electrons. The second-order valence-corrected chi connectivity index (χ2v) is 8.80. The maximum absolute atomic E-state index is 12.7. The number of aromatic nitrogens is 1. The van der Waals surface area contributed by atoms with Crippen LogP contribution in [-0.2, 0) is 18.0 Å². The van der Waals surface area contributed by atoms with Gasteiger partial charge in [0.05, 0.1) is 11.3 Å². The highest BCUT2D eigenvalue weighted by Gasteiger charge is 2.30. The third kappa shape index (κ3) is 4.85. The van der Waals surface area contributed by atoms with Crippen LogP contribution in [0.1, 0.15) is 52.8 Å². The Morgan fingerprint density at radius 2 is 1.52 bits per heavy atom. The van der Waals surface area contributed by atoms with Gasteiger partial charge < -0.3 is 5.11 Å². The van der Waals surface area contributed by atoms with E-state index in [2.05, 4.69) is 25.8 Å². The summed E-state index contributed by atoms with van der Waals surface area (Å²) in [6, 6.07) is 12.5. The zero-order valence-corrected chi connectivity index (χ0v) is 17.0. The van der Waals surface area contributed by atoms with Gasteiger partial charge in [0.25, 0.3) is 0 Å². The van der Waals surface area contributed by atoms with Crippen LogP contribution in [0.2, 0.25) is 0 Å². The van der Waals surface area contributed by atoms with Crippen molar-refractivity contribution in [3.8, 4) is 10.6 Å². The number of aromatic carboxylic acids is 1. The smallest absolute Gasteiger partial charge is 0.416 e. The van der Waals surface area contributed by atoms with Crippen molar-refractivity contribution in [1.29, 1.82) is 0 Å². The fourth-order valence-electron chi connectivity index (χ4n) is 2.88. The summed E-state index contributed by atoms with van der Waals surface area (Å²) in [5, 5.41) is 9.91. The van der Waals surface area contributed by atoms with E-state index in [4.69, 9.17) is 0 Å². The second-order valence-electron chi connectivity index (χ2n) is 7.80. The number of benzene rings is 2. The normalized spacial score (nSPS) is 12.2. The fourth-order valence-corrected chi connectivity index (χ4v) is 3.81. The summed E-state index contributed by atoms with van der Waals surface area (Å²) in [6.45, 7) is 6.34. The Morgan fingerprint density at radius 1 is 0.966 bits per heavy atom. The number of halogens is 3. The molecule has 1 N–H and O–H groups in total. The Morgan fingerprint density at radius 3 is 2.00 bits per heavy atom. The third-order valence-corrected chi connectivity index (χ3v) is 5.68. The number of carbonyl (C=O) groups is 1. The van der Waals surface area contributed by atoms with Crippen LogP contribution < -0.4 is 0 Å². The van der Waals surface area contributed by atoms with Crippen LogP contribution in [0.25, 0.3) is 10.6 Å². The largest absolute Gasteiger partial charge is 0.477 e. The van der Waals surface area contributed by atoms with Crippen LogP contribution in [0.4, 0.5) is 13.2 Å². The topological polar surface area (TPSA) is 50.2 Å². The lowest BCUT2D eigenvalue weighted by Crippen LogP contribution is -2.10. The van der Waals surface area contributed by atoms with E-state index in [9.17, 15) is 23.1 Å². The highest BCUT2D eigenvalue weighted by Crippen LogP contribution is 2.33. The van der Waals surface area contributed by atoms with Crippen molar-refractivity contribution >= 4 is 17.3 Å². The van der Waals surface area contributed by atoms with E-state index in [1.807, 2.05) is 24.3 Å². The summed E-state index contributed by atoms with van der Waals surface area (Å²) in [5.74, 6) is -1.10. The Bertz CT molecular complexity index is 1010. The molecule has 0 radical (unpaired) electrons. The number of thiazole rings is 1. The second kappa shape index (κ2) is 7.63. The van der Waals surface area contributed by atoms with Gasteiger partial charge in [0.1, 0.15) is 9.88 Å². The zero-order valence-electron chi connectivity index (χ0n) is 16.2. The lowest BCUT2D eigenvalue weighted by atomic mass is 9.86. The Labute approximate surface area is 170 Å². The van der Waals surface area contributed by atoms with E-state index in [0.29, 0.717) is 22.7 Å². The third-order valence-electron chi connectivity index (χ3n) is 4.54. The van der Waals surface area contributed by atoms with Crippen LogP contribution in [0, 0.1) is 0 Å². The van der Waals surface area contributed by atoms with Crippen molar-refractivity contribution in [2.24, 2.45) is 0 Å². The summed E-state index contributed by atoms with van der Waals surface area (Å²) >= 11 is 0.969. The molecule has 0 spiro atoms. The molecular weight excluding hydrogens is 399 g/mol. The number of carboxylic acid groups (broad SMARTS) is 1. The molecule has 1 aromatic heterocycles. The van der Waals surface area contributed by atoms with Crippen molar-refractivity contribution in [1.82, 2.24) is 4.98 Å². The number of rotatable bonds is 4. The van der Waals surface area contributed by atoms with E-state index in [1.165, 1.54) is 17.7 Å². The number of carboxylic acids is 1. The molecule has 0 atom stereocenters. The SMILES string of the molecule is CC(C)(C)c1ccc(Cc2nc(-c3ccc(C(F)(F)F)cc3)sc2C(=O)O)cc1. The van der Waals surface area contributed by atoms with E-state index in [-0.39, 0.29) is 10.3 Å². The van der Waals surface area contributed by atoms with Gasteiger partial charge in [-0.15, -0.1) is 11.3 Å². The Balaban J connectivity index is 1.90. The molecule has 2 aromatic carbocycles. The fraction of sp³-hybridized carbons (Fsp3) is 0.273. The van der Waals surface area contributed by atoms with E-state index in [1.54, 1.807) is 0 Å². The minimum absolute atomic E-state index is 0.0150. The van der Waals surface area contributed by atoms with Crippen molar-refractivity contribution in [3.05, 3.63) is 75.8 Å². The molecule has 7 heteroatoms. The van der Waals surface area contributed by atoms with Gasteiger partial charge in [-0.3, -0.25) is 0 Å². The zero-order chi connectivity index (χ0) is 21.4. The van der Waals surface area contributed by atoms with E-state index >= 15 is 0 Å². The first kappa shape index (κ1) is 21.0. The van der Waals surface area contributed by atoms with Crippen molar-refractivity contribution in [2.45, 2.75) is 38.8 Å². The molecule has 1 heterocycles. The minimum Gasteiger partial charge on any atom is -0.477 e. The molecule has 0 amide bonds. The van der Waals surface area contributed by atoms with Crippen molar-refractivity contribution in [2.75, 3.05) is 0 Å². The summed E-state index contributed by atoms with van der Waals surface area (Å²) in [4.78, 5) is 16.2. The minimum atomic E-state index is -4.42. The van der Waals surface area contributed by atoms with Crippen LogP contribution in [-0.4, -0.2) is 16.1 Å². The van der Waals surface area contributed by atoms with Crippen molar-refractivity contribution in [3.63, 3.8) is 0 Å². The molecule has 0 aliphatic carbocycles. The summed E-state index contributed by atoms with van der Waals surface area (Å²) in [6.07, 6.45) is -4.08. The number of alkyl halides is 3. The lowest BCUT2D eigenvalue weighted by Gasteiger charge is -2.19.